The number of aromatic amines is 1. The first-order valence-electron chi connectivity index (χ1n) is 11.2. The summed E-state index contributed by atoms with van der Waals surface area (Å²) in [5, 5.41) is 11.7. The lowest BCUT2D eigenvalue weighted by Crippen LogP contribution is -2.52. The molecule has 9 heteroatoms. The van der Waals surface area contributed by atoms with E-state index in [-0.39, 0.29) is 42.5 Å². The summed E-state index contributed by atoms with van der Waals surface area (Å²) in [6, 6.07) is 15.7. The molecule has 5 rings (SSSR count). The number of hydrogen-bond donors (Lipinski definition) is 2. The molecular formula is C25H29Cl2N5O2. The van der Waals surface area contributed by atoms with Gasteiger partial charge >= 0.3 is 0 Å². The number of carbonyl (C=O) groups excluding carboxylic acids is 2. The zero-order valence-electron chi connectivity index (χ0n) is 18.8. The van der Waals surface area contributed by atoms with Crippen LogP contribution in [0.1, 0.15) is 28.0 Å². The Morgan fingerprint density at radius 1 is 0.912 bits per heavy atom. The summed E-state index contributed by atoms with van der Waals surface area (Å²) < 4.78 is 0. The fraction of sp³-hybridized carbons (Fsp3) is 0.320. The molecule has 2 saturated heterocycles. The van der Waals surface area contributed by atoms with E-state index >= 15 is 0 Å². The molecule has 2 amide bonds. The zero-order chi connectivity index (χ0) is 21.9. The van der Waals surface area contributed by atoms with Gasteiger partial charge in [0.25, 0.3) is 5.91 Å². The number of nitrogens with zero attached hydrogens (tertiary/aromatic N) is 3. The van der Waals surface area contributed by atoms with Gasteiger partial charge in [-0.1, -0.05) is 36.4 Å². The predicted octanol–water partition coefficient (Wildman–Crippen LogP) is 3.47. The molecule has 7 nitrogen and oxygen atoms in total. The van der Waals surface area contributed by atoms with Crippen molar-refractivity contribution >= 4 is 59.7 Å². The maximum Gasteiger partial charge on any atom is 0.253 e. The Labute approximate surface area is 211 Å². The van der Waals surface area contributed by atoms with Crippen molar-refractivity contribution in [2.45, 2.75) is 6.42 Å². The van der Waals surface area contributed by atoms with E-state index < -0.39 is 0 Å². The largest absolute Gasteiger partial charge is 0.339 e. The van der Waals surface area contributed by atoms with Crippen molar-refractivity contribution in [2.75, 3.05) is 39.3 Å². The zero-order valence-corrected chi connectivity index (χ0v) is 20.4. The Hall–Kier alpha value is -2.87. The monoisotopic (exact) mass is 501 g/mol. The van der Waals surface area contributed by atoms with Gasteiger partial charge in [-0.15, -0.1) is 24.8 Å². The van der Waals surface area contributed by atoms with Crippen LogP contribution in [0.5, 0.6) is 0 Å². The van der Waals surface area contributed by atoms with Gasteiger partial charge in [-0.05, 0) is 42.8 Å². The van der Waals surface area contributed by atoms with Crippen LogP contribution in [-0.4, -0.2) is 71.1 Å². The van der Waals surface area contributed by atoms with E-state index in [1.54, 1.807) is 0 Å². The van der Waals surface area contributed by atoms with Gasteiger partial charge in [-0.2, -0.15) is 5.10 Å². The second-order valence-electron chi connectivity index (χ2n) is 8.42. The number of amides is 2. The molecule has 0 aliphatic carbocycles. The summed E-state index contributed by atoms with van der Waals surface area (Å²) in [4.78, 5) is 29.2. The van der Waals surface area contributed by atoms with Crippen molar-refractivity contribution < 1.29 is 9.59 Å². The molecule has 0 radical (unpaired) electrons. The maximum atomic E-state index is 12.9. The fourth-order valence-electron chi connectivity index (χ4n) is 4.46. The van der Waals surface area contributed by atoms with E-state index in [0.717, 1.165) is 41.7 Å². The Balaban J connectivity index is 0.00000162. The van der Waals surface area contributed by atoms with Crippen LogP contribution in [0, 0.1) is 5.92 Å². The van der Waals surface area contributed by atoms with Gasteiger partial charge < -0.3 is 15.1 Å². The lowest BCUT2D eigenvalue weighted by Gasteiger charge is -2.36. The Morgan fingerprint density at radius 2 is 1.62 bits per heavy atom. The molecule has 1 atom stereocenters. The first kappa shape index (κ1) is 25.7. The van der Waals surface area contributed by atoms with Crippen LogP contribution < -0.4 is 5.32 Å². The van der Waals surface area contributed by atoms with Crippen LogP contribution in [0.3, 0.4) is 0 Å². The first-order valence-corrected chi connectivity index (χ1v) is 11.2. The van der Waals surface area contributed by atoms with Crippen molar-refractivity contribution in [3.05, 3.63) is 65.4 Å². The van der Waals surface area contributed by atoms with Gasteiger partial charge in [-0.25, -0.2) is 0 Å². The highest BCUT2D eigenvalue weighted by Gasteiger charge is 2.30. The Kier molecular flexibility index (Phi) is 8.72. The van der Waals surface area contributed by atoms with Crippen LogP contribution in [-0.2, 0) is 4.79 Å². The minimum absolute atomic E-state index is 0. The molecule has 3 heterocycles. The quantitative estimate of drug-likeness (QED) is 0.573. The number of para-hydroxylation sites is 1. The van der Waals surface area contributed by atoms with Gasteiger partial charge in [0.15, 0.2) is 0 Å². The van der Waals surface area contributed by atoms with Gasteiger partial charge in [-0.3, -0.25) is 14.7 Å². The third kappa shape index (κ3) is 5.43. The molecule has 0 bridgehead atoms. The van der Waals surface area contributed by atoms with Gasteiger partial charge in [0.2, 0.25) is 5.91 Å². The molecule has 34 heavy (non-hydrogen) atoms. The van der Waals surface area contributed by atoms with Crippen LogP contribution in [0.15, 0.2) is 48.5 Å². The van der Waals surface area contributed by atoms with Crippen LogP contribution in [0.4, 0.5) is 0 Å². The standard InChI is InChI=1S/C25H27N5O2.2ClH/c31-24(29-13-15-30(16-14-29)25(32)20-11-12-26-17-20)19-8-5-18(6-9-19)7-10-23-21-3-1-2-4-22(21)27-28-23;;/h1-10,20,26H,11-17H2,(H,27,28);2*1H/t20-;;/m0../s1. The number of halogens is 2. The summed E-state index contributed by atoms with van der Waals surface area (Å²) >= 11 is 0. The average Bonchev–Trinajstić information content (AvgIpc) is 3.53. The second-order valence-corrected chi connectivity index (χ2v) is 8.42. The lowest BCUT2D eigenvalue weighted by molar-refractivity contribution is -0.136. The van der Waals surface area contributed by atoms with Crippen molar-refractivity contribution in [3.63, 3.8) is 0 Å². The normalized spacial score (nSPS) is 18.1. The SMILES string of the molecule is Cl.Cl.O=C(c1ccc(C=Cc2n[nH]c3ccccc23)cc1)N1CCN(C(=O)[C@H]2CCNC2)CC1. The summed E-state index contributed by atoms with van der Waals surface area (Å²) in [5.74, 6) is 0.341. The molecular weight excluding hydrogens is 473 g/mol. The minimum atomic E-state index is 0. The van der Waals surface area contributed by atoms with Gasteiger partial charge in [0, 0.05) is 43.7 Å². The Bertz CT molecular complexity index is 1150. The van der Waals surface area contributed by atoms with E-state index in [0.29, 0.717) is 31.7 Å². The number of benzene rings is 2. The second kappa shape index (κ2) is 11.5. The number of H-pyrrole nitrogens is 1. The van der Waals surface area contributed by atoms with Crippen molar-refractivity contribution in [2.24, 2.45) is 5.92 Å². The van der Waals surface area contributed by atoms with Gasteiger partial charge in [0.1, 0.15) is 0 Å². The number of nitrogens with one attached hydrogen (secondary N) is 2. The molecule has 1 aromatic heterocycles. The van der Waals surface area contributed by atoms with Gasteiger partial charge in [0.05, 0.1) is 17.1 Å². The summed E-state index contributed by atoms with van der Waals surface area (Å²) in [6.45, 7) is 4.07. The smallest absolute Gasteiger partial charge is 0.253 e. The van der Waals surface area contributed by atoms with E-state index in [4.69, 9.17) is 0 Å². The number of aromatic nitrogens is 2. The van der Waals surface area contributed by atoms with Crippen molar-refractivity contribution in [3.8, 4) is 0 Å². The Morgan fingerprint density at radius 3 is 2.32 bits per heavy atom. The minimum Gasteiger partial charge on any atom is -0.339 e. The number of rotatable bonds is 4. The topological polar surface area (TPSA) is 81.3 Å². The highest BCUT2D eigenvalue weighted by Crippen LogP contribution is 2.19. The molecule has 0 unspecified atom stereocenters. The first-order chi connectivity index (χ1) is 15.7. The third-order valence-corrected chi connectivity index (χ3v) is 6.38. The van der Waals surface area contributed by atoms with Crippen molar-refractivity contribution in [1.29, 1.82) is 0 Å². The highest BCUT2D eigenvalue weighted by atomic mass is 35.5. The number of carbonyl (C=O) groups is 2. The molecule has 0 saturated carbocycles. The van der Waals surface area contributed by atoms with Crippen molar-refractivity contribution in [1.82, 2.24) is 25.3 Å². The molecule has 2 N–H and O–H groups in total. The molecule has 2 fully saturated rings. The molecule has 3 aromatic rings. The maximum absolute atomic E-state index is 12.9. The van der Waals surface area contributed by atoms with E-state index in [2.05, 4.69) is 15.5 Å². The molecule has 0 spiro atoms. The lowest BCUT2D eigenvalue weighted by atomic mass is 10.1. The summed E-state index contributed by atoms with van der Waals surface area (Å²) in [7, 11) is 0. The predicted molar refractivity (Wildman–Crippen MR) is 139 cm³/mol. The summed E-state index contributed by atoms with van der Waals surface area (Å²) in [6.07, 6.45) is 4.89. The molecule has 2 aromatic carbocycles. The van der Waals surface area contributed by atoms with E-state index in [9.17, 15) is 9.59 Å². The molecule has 180 valence electrons. The van der Waals surface area contributed by atoms with Crippen LogP contribution in [0.2, 0.25) is 0 Å². The number of hydrogen-bond acceptors (Lipinski definition) is 4. The molecule has 2 aliphatic heterocycles. The van der Waals surface area contributed by atoms with E-state index in [1.165, 1.54) is 0 Å². The average molecular weight is 502 g/mol. The fourth-order valence-corrected chi connectivity index (χ4v) is 4.46. The molecule has 2 aliphatic rings. The van der Waals surface area contributed by atoms with Crippen LogP contribution >= 0.6 is 24.8 Å². The third-order valence-electron chi connectivity index (χ3n) is 6.38. The summed E-state index contributed by atoms with van der Waals surface area (Å²) in [5.41, 5.74) is 3.58. The van der Waals surface area contributed by atoms with E-state index in [1.807, 2.05) is 70.5 Å². The number of fused-ring (bicyclic) bond motifs is 1. The highest BCUT2D eigenvalue weighted by molar-refractivity contribution is 5.95. The van der Waals surface area contributed by atoms with Crippen LogP contribution in [0.25, 0.3) is 23.1 Å². The number of piperazine rings is 1.